The molecule has 1 unspecified atom stereocenters. The summed E-state index contributed by atoms with van der Waals surface area (Å²) in [6.07, 6.45) is 4.55. The van der Waals surface area contributed by atoms with E-state index in [0.29, 0.717) is 25.6 Å². The summed E-state index contributed by atoms with van der Waals surface area (Å²) in [6.45, 7) is 5.05. The third-order valence-electron chi connectivity index (χ3n) is 3.57. The summed E-state index contributed by atoms with van der Waals surface area (Å²) in [4.78, 5) is 0. The van der Waals surface area contributed by atoms with Crippen molar-refractivity contribution in [1.29, 1.82) is 0 Å². The van der Waals surface area contributed by atoms with Crippen LogP contribution >= 0.6 is 0 Å². The van der Waals surface area contributed by atoms with Gasteiger partial charge in [0.2, 0.25) is 0 Å². The lowest BCUT2D eigenvalue weighted by Gasteiger charge is -2.27. The maximum Gasteiger partial charge on any atom is 0.279 e. The van der Waals surface area contributed by atoms with Crippen LogP contribution in [0.15, 0.2) is 0 Å². The summed E-state index contributed by atoms with van der Waals surface area (Å²) in [5.41, 5.74) is 5.70. The molecule has 0 amide bonds. The van der Waals surface area contributed by atoms with E-state index in [2.05, 4.69) is 4.72 Å². The molecule has 5 nitrogen and oxygen atoms in total. The lowest BCUT2D eigenvalue weighted by molar-refractivity contribution is 0.378. The molecule has 3 N–H and O–H groups in total. The van der Waals surface area contributed by atoms with E-state index in [1.807, 2.05) is 13.8 Å². The highest BCUT2D eigenvalue weighted by Crippen LogP contribution is 2.27. The molecule has 1 aliphatic rings. The monoisotopic (exact) mass is 263 g/mol. The highest BCUT2D eigenvalue weighted by atomic mass is 32.2. The first-order valence-corrected chi connectivity index (χ1v) is 7.96. The summed E-state index contributed by atoms with van der Waals surface area (Å²) in [6, 6.07) is -0.108. The van der Waals surface area contributed by atoms with E-state index in [-0.39, 0.29) is 6.04 Å². The van der Waals surface area contributed by atoms with Crippen LogP contribution in [0, 0.1) is 5.92 Å². The van der Waals surface area contributed by atoms with Gasteiger partial charge in [0.15, 0.2) is 0 Å². The van der Waals surface area contributed by atoms with Gasteiger partial charge in [0.25, 0.3) is 10.2 Å². The molecular formula is C11H25N3O2S. The summed E-state index contributed by atoms with van der Waals surface area (Å²) < 4.78 is 28.4. The van der Waals surface area contributed by atoms with Crippen LogP contribution < -0.4 is 10.5 Å². The molecule has 17 heavy (non-hydrogen) atoms. The first kappa shape index (κ1) is 14.9. The van der Waals surface area contributed by atoms with Crippen molar-refractivity contribution in [3.63, 3.8) is 0 Å². The topological polar surface area (TPSA) is 75.4 Å². The van der Waals surface area contributed by atoms with Gasteiger partial charge < -0.3 is 5.73 Å². The minimum absolute atomic E-state index is 0.108. The summed E-state index contributed by atoms with van der Waals surface area (Å²) in [7, 11) is -3.37. The second kappa shape index (κ2) is 6.68. The third-order valence-corrected chi connectivity index (χ3v) is 5.37. The van der Waals surface area contributed by atoms with Crippen molar-refractivity contribution in [2.75, 3.05) is 19.6 Å². The molecule has 0 heterocycles. The predicted molar refractivity (Wildman–Crippen MR) is 69.8 cm³/mol. The molecule has 0 aromatic heterocycles. The molecule has 1 saturated carbocycles. The van der Waals surface area contributed by atoms with Gasteiger partial charge in [0.05, 0.1) is 0 Å². The fourth-order valence-corrected chi connectivity index (χ4v) is 4.03. The Kier molecular flexibility index (Phi) is 5.85. The molecule has 0 bridgehead atoms. The molecule has 1 atom stereocenters. The third kappa shape index (κ3) is 3.91. The van der Waals surface area contributed by atoms with Crippen molar-refractivity contribution in [3.8, 4) is 0 Å². The van der Waals surface area contributed by atoms with Crippen LogP contribution in [0.5, 0.6) is 0 Å². The molecule has 102 valence electrons. The van der Waals surface area contributed by atoms with Crippen LogP contribution in [0.1, 0.15) is 39.5 Å². The Hall–Kier alpha value is -0.170. The van der Waals surface area contributed by atoms with Crippen LogP contribution in [0.25, 0.3) is 0 Å². The standard InChI is InChI=1S/C11H25N3O2S/c1-3-14(4-2)17(15,16)13-11(9-12)10-7-5-6-8-10/h10-11,13H,3-9,12H2,1-2H3. The number of nitrogens with one attached hydrogen (secondary N) is 1. The smallest absolute Gasteiger partial charge is 0.279 e. The first-order chi connectivity index (χ1) is 8.05. The minimum atomic E-state index is -3.37. The van der Waals surface area contributed by atoms with Crippen molar-refractivity contribution in [3.05, 3.63) is 0 Å². The van der Waals surface area contributed by atoms with E-state index in [9.17, 15) is 8.42 Å². The SMILES string of the molecule is CCN(CC)S(=O)(=O)NC(CN)C1CCCC1. The van der Waals surface area contributed by atoms with Crippen molar-refractivity contribution in [1.82, 2.24) is 9.03 Å². The van der Waals surface area contributed by atoms with E-state index in [1.54, 1.807) is 0 Å². The van der Waals surface area contributed by atoms with E-state index in [1.165, 1.54) is 17.1 Å². The Balaban J connectivity index is 2.66. The quantitative estimate of drug-likeness (QED) is 0.709. The Morgan fingerprint density at radius 2 is 1.82 bits per heavy atom. The van der Waals surface area contributed by atoms with Gasteiger partial charge in [-0.3, -0.25) is 0 Å². The van der Waals surface area contributed by atoms with Gasteiger partial charge in [-0.15, -0.1) is 0 Å². The van der Waals surface area contributed by atoms with Gasteiger partial charge >= 0.3 is 0 Å². The van der Waals surface area contributed by atoms with Crippen molar-refractivity contribution in [2.24, 2.45) is 11.7 Å². The largest absolute Gasteiger partial charge is 0.329 e. The minimum Gasteiger partial charge on any atom is -0.329 e. The summed E-state index contributed by atoms with van der Waals surface area (Å²) >= 11 is 0. The van der Waals surface area contributed by atoms with Gasteiger partial charge in [-0.2, -0.15) is 17.4 Å². The number of hydrogen-bond acceptors (Lipinski definition) is 3. The Bertz CT molecular complexity index is 309. The highest BCUT2D eigenvalue weighted by molar-refractivity contribution is 7.87. The molecule has 0 aromatic carbocycles. The maximum absolute atomic E-state index is 12.1. The second-order valence-corrected chi connectivity index (χ2v) is 6.30. The molecule has 1 rings (SSSR count). The molecule has 6 heteroatoms. The lowest BCUT2D eigenvalue weighted by Crippen LogP contribution is -2.50. The molecule has 0 saturated heterocycles. The number of rotatable bonds is 7. The van der Waals surface area contributed by atoms with Crippen molar-refractivity contribution >= 4 is 10.2 Å². The average molecular weight is 263 g/mol. The summed E-state index contributed by atoms with van der Waals surface area (Å²) in [5.74, 6) is 0.408. The molecule has 0 spiro atoms. The van der Waals surface area contributed by atoms with Crippen molar-refractivity contribution in [2.45, 2.75) is 45.6 Å². The Labute approximate surface area is 105 Å². The van der Waals surface area contributed by atoms with E-state index < -0.39 is 10.2 Å². The molecule has 0 radical (unpaired) electrons. The van der Waals surface area contributed by atoms with E-state index in [4.69, 9.17) is 5.73 Å². The maximum atomic E-state index is 12.1. The fraction of sp³-hybridized carbons (Fsp3) is 1.00. The predicted octanol–water partition coefficient (Wildman–Crippen LogP) is 0.680. The van der Waals surface area contributed by atoms with E-state index in [0.717, 1.165) is 12.8 Å². The number of hydrogen-bond donors (Lipinski definition) is 2. The van der Waals surface area contributed by atoms with Crippen molar-refractivity contribution < 1.29 is 8.42 Å². The van der Waals surface area contributed by atoms with Crippen LogP contribution in [-0.2, 0) is 10.2 Å². The van der Waals surface area contributed by atoms with Gasteiger partial charge in [-0.05, 0) is 18.8 Å². The fourth-order valence-electron chi connectivity index (χ4n) is 2.53. The zero-order valence-corrected chi connectivity index (χ0v) is 11.7. The normalized spacial score (nSPS) is 20.0. The molecule has 0 aromatic rings. The van der Waals surface area contributed by atoms with Gasteiger partial charge in [0.1, 0.15) is 0 Å². The number of nitrogens with two attached hydrogens (primary N) is 1. The van der Waals surface area contributed by atoms with Crippen LogP contribution in [0.2, 0.25) is 0 Å². The number of nitrogens with zero attached hydrogens (tertiary/aromatic N) is 1. The first-order valence-electron chi connectivity index (χ1n) is 6.52. The van der Waals surface area contributed by atoms with Gasteiger partial charge in [-0.25, -0.2) is 0 Å². The Morgan fingerprint density at radius 3 is 2.24 bits per heavy atom. The molecule has 0 aliphatic heterocycles. The molecule has 1 aliphatic carbocycles. The summed E-state index contributed by atoms with van der Waals surface area (Å²) in [5, 5.41) is 0. The molecular weight excluding hydrogens is 238 g/mol. The average Bonchev–Trinajstić information content (AvgIpc) is 2.80. The zero-order chi connectivity index (χ0) is 12.9. The second-order valence-electron chi connectivity index (χ2n) is 4.59. The van der Waals surface area contributed by atoms with Crippen LogP contribution in [-0.4, -0.2) is 38.4 Å². The Morgan fingerprint density at radius 1 is 1.29 bits per heavy atom. The van der Waals surface area contributed by atoms with Gasteiger partial charge in [0, 0.05) is 25.7 Å². The van der Waals surface area contributed by atoms with Crippen LogP contribution in [0.3, 0.4) is 0 Å². The van der Waals surface area contributed by atoms with Crippen LogP contribution in [0.4, 0.5) is 0 Å². The lowest BCUT2D eigenvalue weighted by atomic mass is 9.99. The van der Waals surface area contributed by atoms with Gasteiger partial charge in [-0.1, -0.05) is 26.7 Å². The zero-order valence-electron chi connectivity index (χ0n) is 10.9. The highest BCUT2D eigenvalue weighted by Gasteiger charge is 2.29. The van der Waals surface area contributed by atoms with E-state index >= 15 is 0 Å². The molecule has 1 fully saturated rings.